The van der Waals surface area contributed by atoms with Crippen molar-refractivity contribution in [3.63, 3.8) is 0 Å². The highest BCUT2D eigenvalue weighted by Gasteiger charge is 2.12. The van der Waals surface area contributed by atoms with Gasteiger partial charge in [0.2, 0.25) is 0 Å². The van der Waals surface area contributed by atoms with E-state index in [2.05, 4.69) is 10.3 Å². The Morgan fingerprint density at radius 2 is 2.05 bits per heavy atom. The maximum atomic E-state index is 12.0. The van der Waals surface area contributed by atoms with Crippen LogP contribution in [-0.4, -0.2) is 26.5 Å². The Bertz CT molecular complexity index is 646. The SMILES string of the molecule is Cc1ccc(C(=O)Nc2ccnc(C(=O)O)c2)n1C. The van der Waals surface area contributed by atoms with E-state index >= 15 is 0 Å². The van der Waals surface area contributed by atoms with E-state index in [-0.39, 0.29) is 11.6 Å². The lowest BCUT2D eigenvalue weighted by molar-refractivity contribution is 0.0690. The number of hydrogen-bond acceptors (Lipinski definition) is 3. The summed E-state index contributed by atoms with van der Waals surface area (Å²) in [5, 5.41) is 11.5. The van der Waals surface area contributed by atoms with Crippen molar-refractivity contribution in [3.8, 4) is 0 Å². The molecule has 0 aliphatic carbocycles. The molecular formula is C13H13N3O3. The third-order valence-corrected chi connectivity index (χ3v) is 2.84. The second-order valence-corrected chi connectivity index (χ2v) is 4.11. The number of rotatable bonds is 3. The predicted octanol–water partition coefficient (Wildman–Crippen LogP) is 1.68. The number of carbonyl (C=O) groups is 2. The zero-order valence-corrected chi connectivity index (χ0v) is 10.5. The molecule has 6 heteroatoms. The summed E-state index contributed by atoms with van der Waals surface area (Å²) in [7, 11) is 1.79. The van der Waals surface area contributed by atoms with E-state index in [1.165, 1.54) is 12.3 Å². The van der Waals surface area contributed by atoms with Crippen LogP contribution in [0, 0.1) is 6.92 Å². The number of nitrogens with zero attached hydrogens (tertiary/aromatic N) is 2. The number of aromatic nitrogens is 2. The van der Waals surface area contributed by atoms with Crippen molar-refractivity contribution in [3.05, 3.63) is 47.5 Å². The Kier molecular flexibility index (Phi) is 3.33. The lowest BCUT2D eigenvalue weighted by Crippen LogP contribution is -2.16. The molecule has 2 aromatic rings. The van der Waals surface area contributed by atoms with Crippen molar-refractivity contribution in [1.29, 1.82) is 0 Å². The van der Waals surface area contributed by atoms with E-state index in [4.69, 9.17) is 5.11 Å². The number of aromatic carboxylic acids is 1. The number of nitrogens with one attached hydrogen (secondary N) is 1. The molecule has 0 fully saturated rings. The molecule has 19 heavy (non-hydrogen) atoms. The summed E-state index contributed by atoms with van der Waals surface area (Å²) in [6.45, 7) is 1.89. The molecule has 0 radical (unpaired) electrons. The first-order chi connectivity index (χ1) is 8.99. The molecule has 2 heterocycles. The third-order valence-electron chi connectivity index (χ3n) is 2.84. The van der Waals surface area contributed by atoms with Crippen LogP contribution in [-0.2, 0) is 7.05 Å². The minimum atomic E-state index is -1.13. The van der Waals surface area contributed by atoms with Gasteiger partial charge in [0.15, 0.2) is 0 Å². The molecule has 0 aliphatic rings. The normalized spacial score (nSPS) is 10.2. The zero-order valence-electron chi connectivity index (χ0n) is 10.5. The molecule has 0 saturated carbocycles. The molecule has 0 atom stereocenters. The molecule has 0 saturated heterocycles. The van der Waals surface area contributed by atoms with Crippen LogP contribution in [0.25, 0.3) is 0 Å². The average molecular weight is 259 g/mol. The molecule has 98 valence electrons. The van der Waals surface area contributed by atoms with Gasteiger partial charge in [-0.05, 0) is 31.2 Å². The van der Waals surface area contributed by atoms with Gasteiger partial charge in [0, 0.05) is 24.6 Å². The summed E-state index contributed by atoms with van der Waals surface area (Å²) < 4.78 is 1.76. The van der Waals surface area contributed by atoms with Gasteiger partial charge >= 0.3 is 5.97 Å². The van der Waals surface area contributed by atoms with Crippen molar-refractivity contribution in [2.75, 3.05) is 5.32 Å². The smallest absolute Gasteiger partial charge is 0.354 e. The van der Waals surface area contributed by atoms with Crippen LogP contribution >= 0.6 is 0 Å². The zero-order chi connectivity index (χ0) is 14.0. The van der Waals surface area contributed by atoms with Crippen molar-refractivity contribution in [2.45, 2.75) is 6.92 Å². The van der Waals surface area contributed by atoms with Crippen LogP contribution in [0.4, 0.5) is 5.69 Å². The summed E-state index contributed by atoms with van der Waals surface area (Å²) in [5.41, 5.74) is 1.76. The van der Waals surface area contributed by atoms with Gasteiger partial charge in [-0.1, -0.05) is 0 Å². The summed E-state index contributed by atoms with van der Waals surface area (Å²) in [6.07, 6.45) is 1.34. The number of hydrogen-bond donors (Lipinski definition) is 2. The highest BCUT2D eigenvalue weighted by Crippen LogP contribution is 2.12. The van der Waals surface area contributed by atoms with Crippen LogP contribution in [0.15, 0.2) is 30.5 Å². The number of carbonyl (C=O) groups excluding carboxylic acids is 1. The number of aryl methyl sites for hydroxylation is 1. The quantitative estimate of drug-likeness (QED) is 0.878. The fraction of sp³-hybridized carbons (Fsp3) is 0.154. The van der Waals surface area contributed by atoms with Crippen LogP contribution in [0.5, 0.6) is 0 Å². The Hall–Kier alpha value is -2.63. The van der Waals surface area contributed by atoms with Gasteiger partial charge in [0.1, 0.15) is 11.4 Å². The third kappa shape index (κ3) is 2.62. The first-order valence-electron chi connectivity index (χ1n) is 5.62. The Morgan fingerprint density at radius 3 is 2.63 bits per heavy atom. The Balaban J connectivity index is 2.22. The van der Waals surface area contributed by atoms with Crippen LogP contribution < -0.4 is 5.32 Å². The van der Waals surface area contributed by atoms with E-state index in [1.807, 2.05) is 13.0 Å². The maximum absolute atomic E-state index is 12.0. The van der Waals surface area contributed by atoms with E-state index in [0.717, 1.165) is 5.69 Å². The number of amides is 1. The first kappa shape index (κ1) is 12.8. The van der Waals surface area contributed by atoms with Crippen molar-refractivity contribution in [1.82, 2.24) is 9.55 Å². The fourth-order valence-corrected chi connectivity index (χ4v) is 1.66. The second kappa shape index (κ2) is 4.93. The van der Waals surface area contributed by atoms with Gasteiger partial charge < -0.3 is 15.0 Å². The van der Waals surface area contributed by atoms with Crippen LogP contribution in [0.2, 0.25) is 0 Å². The van der Waals surface area contributed by atoms with E-state index in [0.29, 0.717) is 11.4 Å². The van der Waals surface area contributed by atoms with E-state index < -0.39 is 5.97 Å². The number of carboxylic acid groups (broad SMARTS) is 1. The average Bonchev–Trinajstić information content (AvgIpc) is 2.70. The van der Waals surface area contributed by atoms with Gasteiger partial charge in [0.25, 0.3) is 5.91 Å². The van der Waals surface area contributed by atoms with Crippen LogP contribution in [0.3, 0.4) is 0 Å². The van der Waals surface area contributed by atoms with Crippen molar-refractivity contribution >= 4 is 17.6 Å². The summed E-state index contributed by atoms with van der Waals surface area (Å²) >= 11 is 0. The monoisotopic (exact) mass is 259 g/mol. The van der Waals surface area contributed by atoms with Crippen LogP contribution in [0.1, 0.15) is 26.7 Å². The predicted molar refractivity (Wildman–Crippen MR) is 69.3 cm³/mol. The molecular weight excluding hydrogens is 246 g/mol. The Morgan fingerprint density at radius 1 is 1.32 bits per heavy atom. The van der Waals surface area contributed by atoms with Gasteiger partial charge in [-0.15, -0.1) is 0 Å². The lowest BCUT2D eigenvalue weighted by atomic mass is 10.3. The molecule has 0 spiro atoms. The summed E-state index contributed by atoms with van der Waals surface area (Å²) in [5.74, 6) is -1.43. The molecule has 0 aromatic carbocycles. The maximum Gasteiger partial charge on any atom is 0.354 e. The van der Waals surface area contributed by atoms with E-state index in [9.17, 15) is 9.59 Å². The lowest BCUT2D eigenvalue weighted by Gasteiger charge is -2.07. The molecule has 2 aromatic heterocycles. The fourth-order valence-electron chi connectivity index (χ4n) is 1.66. The molecule has 0 aliphatic heterocycles. The molecule has 0 bridgehead atoms. The van der Waals surface area contributed by atoms with Crippen molar-refractivity contribution in [2.24, 2.45) is 7.05 Å². The molecule has 1 amide bonds. The van der Waals surface area contributed by atoms with Gasteiger partial charge in [-0.25, -0.2) is 9.78 Å². The second-order valence-electron chi connectivity index (χ2n) is 4.11. The number of anilines is 1. The standard InChI is InChI=1S/C13H13N3O3/c1-8-3-4-11(16(8)2)12(17)15-9-5-6-14-10(7-9)13(18)19/h3-7H,1-2H3,(H,18,19)(H,14,15,17). The van der Waals surface area contributed by atoms with Gasteiger partial charge in [-0.3, -0.25) is 4.79 Å². The van der Waals surface area contributed by atoms with E-state index in [1.54, 1.807) is 23.7 Å². The molecule has 2 N–H and O–H groups in total. The van der Waals surface area contributed by atoms with Gasteiger partial charge in [-0.2, -0.15) is 0 Å². The highest BCUT2D eigenvalue weighted by atomic mass is 16.4. The Labute approximate surface area is 109 Å². The largest absolute Gasteiger partial charge is 0.477 e. The summed E-state index contributed by atoms with van der Waals surface area (Å²) in [4.78, 5) is 26.5. The van der Waals surface area contributed by atoms with Gasteiger partial charge in [0.05, 0.1) is 0 Å². The molecule has 2 rings (SSSR count). The molecule has 6 nitrogen and oxygen atoms in total. The number of pyridine rings is 1. The number of carboxylic acids is 1. The first-order valence-corrected chi connectivity index (χ1v) is 5.62. The topological polar surface area (TPSA) is 84.2 Å². The minimum Gasteiger partial charge on any atom is -0.477 e. The van der Waals surface area contributed by atoms with Crippen molar-refractivity contribution < 1.29 is 14.7 Å². The summed E-state index contributed by atoms with van der Waals surface area (Å²) in [6, 6.07) is 6.41. The highest BCUT2D eigenvalue weighted by molar-refractivity contribution is 6.03. The minimum absolute atomic E-state index is 0.110. The molecule has 0 unspecified atom stereocenters.